The lowest BCUT2D eigenvalue weighted by Crippen LogP contribution is -2.44. The van der Waals surface area contributed by atoms with Crippen molar-refractivity contribution in [2.24, 2.45) is 0 Å². The van der Waals surface area contributed by atoms with E-state index in [1.807, 2.05) is 24.0 Å². The average Bonchev–Trinajstić information content (AvgIpc) is 3.08. The minimum absolute atomic E-state index is 0.203. The molecule has 2 fully saturated rings. The minimum atomic E-state index is -4.44. The lowest BCUT2D eigenvalue weighted by molar-refractivity contribution is -0.141. The Kier molecular flexibility index (Phi) is 3.51. The van der Waals surface area contributed by atoms with Gasteiger partial charge in [0.15, 0.2) is 0 Å². The maximum Gasteiger partial charge on any atom is 0.433 e. The van der Waals surface area contributed by atoms with Gasteiger partial charge in [-0.3, -0.25) is 4.68 Å². The number of fused-ring (bicyclic) bond motifs is 2. The predicted molar refractivity (Wildman–Crippen MR) is 81.6 cm³/mol. The second-order valence-corrected chi connectivity index (χ2v) is 6.67. The second kappa shape index (κ2) is 5.46. The third kappa shape index (κ3) is 2.63. The summed E-state index contributed by atoms with van der Waals surface area (Å²) >= 11 is 0. The van der Waals surface area contributed by atoms with E-state index in [2.05, 4.69) is 20.0 Å². The van der Waals surface area contributed by atoms with E-state index in [0.717, 1.165) is 43.6 Å². The van der Waals surface area contributed by atoms with Gasteiger partial charge in [-0.05, 0) is 38.2 Å². The van der Waals surface area contributed by atoms with E-state index in [0.29, 0.717) is 11.9 Å². The Morgan fingerprint density at radius 1 is 1.08 bits per heavy atom. The zero-order chi connectivity index (χ0) is 16.9. The number of piperidine rings is 1. The van der Waals surface area contributed by atoms with Crippen molar-refractivity contribution in [3.05, 3.63) is 36.0 Å². The van der Waals surface area contributed by atoms with Gasteiger partial charge in [-0.15, -0.1) is 0 Å². The molecule has 2 atom stereocenters. The normalized spacial score (nSPS) is 26.8. The fourth-order valence-electron chi connectivity index (χ4n) is 4.01. The van der Waals surface area contributed by atoms with E-state index in [1.165, 1.54) is 0 Å². The van der Waals surface area contributed by atoms with Crippen LogP contribution in [0.2, 0.25) is 0 Å². The van der Waals surface area contributed by atoms with Gasteiger partial charge >= 0.3 is 6.18 Å². The molecule has 8 heteroatoms. The van der Waals surface area contributed by atoms with Gasteiger partial charge in [0, 0.05) is 24.3 Å². The first-order chi connectivity index (χ1) is 11.4. The summed E-state index contributed by atoms with van der Waals surface area (Å²) < 4.78 is 40.7. The summed E-state index contributed by atoms with van der Waals surface area (Å²) in [7, 11) is 0. The quantitative estimate of drug-likeness (QED) is 0.843. The number of anilines is 1. The number of nitrogens with zero attached hydrogens (tertiary/aromatic N) is 5. The summed E-state index contributed by atoms with van der Waals surface area (Å²) in [6.07, 6.45) is 4.16. The van der Waals surface area contributed by atoms with Crippen molar-refractivity contribution in [3.63, 3.8) is 0 Å². The van der Waals surface area contributed by atoms with Gasteiger partial charge in [0.05, 0.1) is 12.2 Å². The molecule has 0 N–H and O–H groups in total. The van der Waals surface area contributed by atoms with E-state index < -0.39 is 11.9 Å². The Morgan fingerprint density at radius 2 is 1.79 bits per heavy atom. The van der Waals surface area contributed by atoms with Crippen LogP contribution in [0.5, 0.6) is 0 Å². The van der Waals surface area contributed by atoms with Crippen LogP contribution in [0.1, 0.15) is 43.0 Å². The highest BCUT2D eigenvalue weighted by Gasteiger charge is 2.43. The standard InChI is InChI=1S/C16H18F3N5/c1-10-7-22-23(8-10)13-4-11-2-3-12(5-13)24(11)15-6-14(16(17,18)19)20-9-21-15/h6-9,11-13H,2-5H2,1H3. The van der Waals surface area contributed by atoms with Crippen LogP contribution in [0.3, 0.4) is 0 Å². The number of alkyl halides is 3. The van der Waals surface area contributed by atoms with Crippen molar-refractivity contribution in [2.75, 3.05) is 4.90 Å². The third-order valence-corrected chi connectivity index (χ3v) is 5.02. The van der Waals surface area contributed by atoms with Gasteiger partial charge in [0.1, 0.15) is 17.8 Å². The first-order valence-electron chi connectivity index (χ1n) is 8.10. The van der Waals surface area contributed by atoms with Crippen LogP contribution in [0.25, 0.3) is 0 Å². The van der Waals surface area contributed by atoms with Crippen molar-refractivity contribution in [3.8, 4) is 0 Å². The number of aryl methyl sites for hydroxylation is 1. The summed E-state index contributed by atoms with van der Waals surface area (Å²) in [5, 5.41) is 4.40. The molecule has 4 rings (SSSR count). The molecule has 2 aromatic rings. The summed E-state index contributed by atoms with van der Waals surface area (Å²) in [4.78, 5) is 9.54. The minimum Gasteiger partial charge on any atom is -0.350 e. The van der Waals surface area contributed by atoms with Gasteiger partial charge < -0.3 is 4.90 Å². The van der Waals surface area contributed by atoms with Crippen molar-refractivity contribution in [1.29, 1.82) is 0 Å². The van der Waals surface area contributed by atoms with Gasteiger partial charge in [0.2, 0.25) is 0 Å². The molecule has 24 heavy (non-hydrogen) atoms. The topological polar surface area (TPSA) is 46.8 Å². The zero-order valence-corrected chi connectivity index (χ0v) is 13.2. The highest BCUT2D eigenvalue weighted by atomic mass is 19.4. The number of halogens is 3. The smallest absolute Gasteiger partial charge is 0.350 e. The monoisotopic (exact) mass is 337 g/mol. The van der Waals surface area contributed by atoms with Crippen molar-refractivity contribution in [2.45, 2.75) is 56.9 Å². The molecule has 2 aliphatic rings. The fourth-order valence-corrected chi connectivity index (χ4v) is 4.01. The van der Waals surface area contributed by atoms with Gasteiger partial charge in [-0.2, -0.15) is 18.3 Å². The van der Waals surface area contributed by atoms with Crippen molar-refractivity contribution >= 4 is 5.82 Å². The van der Waals surface area contributed by atoms with Crippen molar-refractivity contribution < 1.29 is 13.2 Å². The first kappa shape index (κ1) is 15.4. The van der Waals surface area contributed by atoms with E-state index in [1.54, 1.807) is 0 Å². The van der Waals surface area contributed by atoms with Crippen LogP contribution in [0.4, 0.5) is 19.0 Å². The highest BCUT2D eigenvalue weighted by molar-refractivity contribution is 5.44. The summed E-state index contributed by atoms with van der Waals surface area (Å²) in [6, 6.07) is 1.78. The Morgan fingerprint density at radius 3 is 2.38 bits per heavy atom. The lowest BCUT2D eigenvalue weighted by Gasteiger charge is -2.39. The molecule has 2 bridgehead atoms. The molecule has 2 saturated heterocycles. The first-order valence-corrected chi connectivity index (χ1v) is 8.10. The molecule has 128 valence electrons. The largest absolute Gasteiger partial charge is 0.433 e. The highest BCUT2D eigenvalue weighted by Crippen LogP contribution is 2.43. The number of hydrogen-bond donors (Lipinski definition) is 0. The summed E-state index contributed by atoms with van der Waals surface area (Å²) in [5.41, 5.74) is 0.243. The predicted octanol–water partition coefficient (Wildman–Crippen LogP) is 3.37. The van der Waals surface area contributed by atoms with Gasteiger partial charge in [-0.25, -0.2) is 9.97 Å². The molecule has 2 aromatic heterocycles. The van der Waals surface area contributed by atoms with Gasteiger partial charge in [0.25, 0.3) is 0 Å². The molecular weight excluding hydrogens is 319 g/mol. The van der Waals surface area contributed by atoms with Crippen LogP contribution in [-0.4, -0.2) is 31.8 Å². The number of rotatable bonds is 2. The molecular formula is C16H18F3N5. The second-order valence-electron chi connectivity index (χ2n) is 6.67. The number of aromatic nitrogens is 4. The summed E-state index contributed by atoms with van der Waals surface area (Å²) in [6.45, 7) is 2.01. The van der Waals surface area contributed by atoms with Gasteiger partial charge in [-0.1, -0.05) is 0 Å². The SMILES string of the molecule is Cc1cnn(C2CC3CCC(C2)N3c2cc(C(F)(F)F)ncn2)c1. The van der Waals surface area contributed by atoms with E-state index in [-0.39, 0.29) is 12.1 Å². The van der Waals surface area contributed by atoms with E-state index in [9.17, 15) is 13.2 Å². The average molecular weight is 337 g/mol. The Hall–Kier alpha value is -2.12. The number of hydrogen-bond acceptors (Lipinski definition) is 4. The molecule has 5 nitrogen and oxygen atoms in total. The van der Waals surface area contributed by atoms with Crippen LogP contribution >= 0.6 is 0 Å². The molecule has 0 aromatic carbocycles. The molecule has 2 aliphatic heterocycles. The Labute approximate surface area is 137 Å². The molecule has 0 aliphatic carbocycles. The molecule has 0 saturated carbocycles. The maximum atomic E-state index is 12.9. The van der Waals surface area contributed by atoms with Crippen LogP contribution in [0, 0.1) is 6.92 Å². The Balaban J connectivity index is 1.59. The van der Waals surface area contributed by atoms with E-state index >= 15 is 0 Å². The molecule has 2 unspecified atom stereocenters. The fraction of sp³-hybridized carbons (Fsp3) is 0.562. The van der Waals surface area contributed by atoms with Crippen LogP contribution in [0.15, 0.2) is 24.8 Å². The molecule has 4 heterocycles. The molecule has 0 amide bonds. The maximum absolute atomic E-state index is 12.9. The molecule has 0 spiro atoms. The zero-order valence-electron chi connectivity index (χ0n) is 13.2. The van der Waals surface area contributed by atoms with Crippen molar-refractivity contribution in [1.82, 2.24) is 19.7 Å². The third-order valence-electron chi connectivity index (χ3n) is 5.02. The summed E-state index contributed by atoms with van der Waals surface area (Å²) in [5.74, 6) is 0.389. The Bertz CT molecular complexity index is 727. The lowest BCUT2D eigenvalue weighted by atomic mass is 9.97. The van der Waals surface area contributed by atoms with Crippen LogP contribution < -0.4 is 4.90 Å². The molecule has 0 radical (unpaired) electrons. The van der Waals surface area contributed by atoms with E-state index in [4.69, 9.17) is 0 Å². The van der Waals surface area contributed by atoms with Crippen LogP contribution in [-0.2, 0) is 6.18 Å².